The van der Waals surface area contributed by atoms with Gasteiger partial charge in [-0.25, -0.2) is 9.18 Å². The predicted molar refractivity (Wildman–Crippen MR) is 88.9 cm³/mol. The van der Waals surface area contributed by atoms with E-state index in [0.717, 1.165) is 25.7 Å². The van der Waals surface area contributed by atoms with Gasteiger partial charge in [-0.05, 0) is 56.1 Å². The van der Waals surface area contributed by atoms with E-state index in [4.69, 9.17) is 5.11 Å². The SMILES string of the molecule is CC(NC(=O)O)C1CCC(CN2Cc3ccc(O)c(F)c3C2=O)CC1. The summed E-state index contributed by atoms with van der Waals surface area (Å²) in [5.74, 6) is -1.03. The first-order valence-electron chi connectivity index (χ1n) is 8.66. The Balaban J connectivity index is 1.56. The van der Waals surface area contributed by atoms with Crippen LogP contribution in [0.4, 0.5) is 9.18 Å². The summed E-state index contributed by atoms with van der Waals surface area (Å²) in [6.45, 7) is 2.83. The molecule has 0 aromatic heterocycles. The highest BCUT2D eigenvalue weighted by Crippen LogP contribution is 2.35. The number of hydrogen-bond acceptors (Lipinski definition) is 3. The lowest BCUT2D eigenvalue weighted by Crippen LogP contribution is -2.40. The zero-order chi connectivity index (χ0) is 18.1. The first-order valence-corrected chi connectivity index (χ1v) is 8.66. The molecule has 1 aliphatic carbocycles. The summed E-state index contributed by atoms with van der Waals surface area (Å²) in [7, 11) is 0. The number of carbonyl (C=O) groups is 2. The number of phenols is 1. The van der Waals surface area contributed by atoms with Crippen LogP contribution in [-0.4, -0.2) is 39.7 Å². The van der Waals surface area contributed by atoms with Crippen molar-refractivity contribution in [3.63, 3.8) is 0 Å². The molecule has 1 aromatic carbocycles. The second-order valence-corrected chi connectivity index (χ2v) is 7.14. The summed E-state index contributed by atoms with van der Waals surface area (Å²) in [5, 5.41) is 20.8. The Morgan fingerprint density at radius 3 is 2.68 bits per heavy atom. The third kappa shape index (κ3) is 3.55. The van der Waals surface area contributed by atoms with Crippen molar-refractivity contribution >= 4 is 12.0 Å². The van der Waals surface area contributed by atoms with Crippen molar-refractivity contribution < 1.29 is 24.2 Å². The van der Waals surface area contributed by atoms with Crippen molar-refractivity contribution in [2.45, 2.75) is 45.2 Å². The fraction of sp³-hybridized carbons (Fsp3) is 0.556. The molecule has 0 saturated heterocycles. The minimum Gasteiger partial charge on any atom is -0.505 e. The van der Waals surface area contributed by atoms with Crippen molar-refractivity contribution in [2.24, 2.45) is 11.8 Å². The van der Waals surface area contributed by atoms with Crippen LogP contribution in [0.25, 0.3) is 0 Å². The zero-order valence-electron chi connectivity index (χ0n) is 14.2. The van der Waals surface area contributed by atoms with Crippen molar-refractivity contribution in [1.29, 1.82) is 0 Å². The minimum absolute atomic E-state index is 0.00651. The van der Waals surface area contributed by atoms with E-state index in [1.807, 2.05) is 6.92 Å². The summed E-state index contributed by atoms with van der Waals surface area (Å²) < 4.78 is 14.0. The van der Waals surface area contributed by atoms with E-state index in [-0.39, 0.29) is 17.5 Å². The van der Waals surface area contributed by atoms with Crippen LogP contribution in [0.5, 0.6) is 5.75 Å². The van der Waals surface area contributed by atoms with Gasteiger partial charge >= 0.3 is 6.09 Å². The number of amides is 2. The summed E-state index contributed by atoms with van der Waals surface area (Å²) in [4.78, 5) is 24.8. The molecule has 0 spiro atoms. The first kappa shape index (κ1) is 17.5. The van der Waals surface area contributed by atoms with E-state index in [9.17, 15) is 19.1 Å². The van der Waals surface area contributed by atoms with Gasteiger partial charge in [0.05, 0.1) is 5.56 Å². The molecule has 3 rings (SSSR count). The van der Waals surface area contributed by atoms with E-state index < -0.39 is 17.7 Å². The Morgan fingerprint density at radius 1 is 1.36 bits per heavy atom. The molecule has 0 radical (unpaired) electrons. The van der Waals surface area contributed by atoms with Crippen LogP contribution in [0.2, 0.25) is 0 Å². The highest BCUT2D eigenvalue weighted by atomic mass is 19.1. The zero-order valence-corrected chi connectivity index (χ0v) is 14.2. The van der Waals surface area contributed by atoms with Crippen LogP contribution in [-0.2, 0) is 6.54 Å². The highest BCUT2D eigenvalue weighted by molar-refractivity contribution is 5.99. The Bertz CT molecular complexity index is 686. The van der Waals surface area contributed by atoms with Gasteiger partial charge in [-0.3, -0.25) is 4.79 Å². The summed E-state index contributed by atoms with van der Waals surface area (Å²) in [5.41, 5.74) is 0.612. The molecule has 1 aromatic rings. The van der Waals surface area contributed by atoms with Gasteiger partial charge < -0.3 is 20.4 Å². The third-order valence-corrected chi connectivity index (χ3v) is 5.50. The lowest BCUT2D eigenvalue weighted by molar-refractivity contribution is 0.0720. The largest absolute Gasteiger partial charge is 0.505 e. The number of carboxylic acid groups (broad SMARTS) is 1. The van der Waals surface area contributed by atoms with Gasteiger partial charge in [-0.2, -0.15) is 0 Å². The van der Waals surface area contributed by atoms with Crippen LogP contribution in [0.3, 0.4) is 0 Å². The number of carbonyl (C=O) groups excluding carboxylic acids is 1. The molecular formula is C18H23FN2O4. The Hall–Kier alpha value is -2.31. The first-order chi connectivity index (χ1) is 11.9. The van der Waals surface area contributed by atoms with Gasteiger partial charge in [0.2, 0.25) is 0 Å². The lowest BCUT2D eigenvalue weighted by Gasteiger charge is -2.33. The summed E-state index contributed by atoms with van der Waals surface area (Å²) >= 11 is 0. The number of aromatic hydroxyl groups is 1. The smallest absolute Gasteiger partial charge is 0.404 e. The molecule has 136 valence electrons. The maximum atomic E-state index is 14.0. The molecule has 1 unspecified atom stereocenters. The molecule has 2 aliphatic rings. The van der Waals surface area contributed by atoms with Crippen LogP contribution in [0.1, 0.15) is 48.5 Å². The van der Waals surface area contributed by atoms with E-state index in [0.29, 0.717) is 30.5 Å². The maximum Gasteiger partial charge on any atom is 0.404 e. The van der Waals surface area contributed by atoms with Gasteiger partial charge in [0.1, 0.15) is 0 Å². The lowest BCUT2D eigenvalue weighted by atomic mass is 9.78. The number of benzene rings is 1. The van der Waals surface area contributed by atoms with Gasteiger partial charge in [-0.1, -0.05) is 6.07 Å². The van der Waals surface area contributed by atoms with Crippen molar-refractivity contribution in [1.82, 2.24) is 10.2 Å². The summed E-state index contributed by atoms with van der Waals surface area (Å²) in [6, 6.07) is 2.81. The quantitative estimate of drug-likeness (QED) is 0.779. The van der Waals surface area contributed by atoms with Gasteiger partial charge in [-0.15, -0.1) is 0 Å². The number of hydrogen-bond donors (Lipinski definition) is 3. The Labute approximate surface area is 145 Å². The van der Waals surface area contributed by atoms with Crippen LogP contribution < -0.4 is 5.32 Å². The van der Waals surface area contributed by atoms with Crippen LogP contribution in [0.15, 0.2) is 12.1 Å². The molecule has 1 atom stereocenters. The van der Waals surface area contributed by atoms with Crippen molar-refractivity contribution in [3.05, 3.63) is 29.1 Å². The molecular weight excluding hydrogens is 327 g/mol. The highest BCUT2D eigenvalue weighted by Gasteiger charge is 2.34. The molecule has 1 saturated carbocycles. The number of nitrogens with zero attached hydrogens (tertiary/aromatic N) is 1. The van der Waals surface area contributed by atoms with Crippen molar-refractivity contribution in [3.8, 4) is 5.75 Å². The number of nitrogens with one attached hydrogen (secondary N) is 1. The maximum absolute atomic E-state index is 14.0. The molecule has 7 heteroatoms. The predicted octanol–water partition coefficient (Wildman–Crippen LogP) is 2.95. The third-order valence-electron chi connectivity index (χ3n) is 5.50. The topological polar surface area (TPSA) is 89.9 Å². The summed E-state index contributed by atoms with van der Waals surface area (Å²) in [6.07, 6.45) is 2.67. The van der Waals surface area contributed by atoms with Crippen LogP contribution in [0, 0.1) is 17.7 Å². The number of halogens is 1. The van der Waals surface area contributed by atoms with E-state index >= 15 is 0 Å². The number of phenolic OH excluding ortho intramolecular Hbond substituents is 1. The van der Waals surface area contributed by atoms with E-state index in [1.54, 1.807) is 11.0 Å². The molecule has 1 heterocycles. The van der Waals surface area contributed by atoms with Gasteiger partial charge in [0.25, 0.3) is 5.91 Å². The Kier molecular flexibility index (Phi) is 4.83. The van der Waals surface area contributed by atoms with E-state index in [2.05, 4.69) is 5.32 Å². The molecule has 3 N–H and O–H groups in total. The van der Waals surface area contributed by atoms with E-state index in [1.165, 1.54) is 6.07 Å². The van der Waals surface area contributed by atoms with Crippen molar-refractivity contribution in [2.75, 3.05) is 6.54 Å². The fourth-order valence-corrected chi connectivity index (χ4v) is 4.05. The molecule has 25 heavy (non-hydrogen) atoms. The molecule has 1 aliphatic heterocycles. The molecule has 0 bridgehead atoms. The van der Waals surface area contributed by atoms with Gasteiger partial charge in [0.15, 0.2) is 11.6 Å². The number of rotatable bonds is 4. The second-order valence-electron chi connectivity index (χ2n) is 7.14. The second kappa shape index (κ2) is 6.90. The molecule has 1 fully saturated rings. The molecule has 2 amide bonds. The van der Waals surface area contributed by atoms with Crippen LogP contribution >= 0.6 is 0 Å². The monoisotopic (exact) mass is 350 g/mol. The Morgan fingerprint density at radius 2 is 2.04 bits per heavy atom. The normalized spacial score (nSPS) is 24.1. The average Bonchev–Trinajstić information content (AvgIpc) is 2.88. The number of fused-ring (bicyclic) bond motifs is 1. The fourth-order valence-electron chi connectivity index (χ4n) is 4.05. The average molecular weight is 350 g/mol. The van der Waals surface area contributed by atoms with Gasteiger partial charge in [0, 0.05) is 19.1 Å². The standard InChI is InChI=1S/C18H23FN2O4/c1-10(20-18(24)25)12-4-2-11(3-5-12)8-21-9-13-6-7-14(22)16(19)15(13)17(21)23/h6-7,10-12,20,22H,2-5,8-9H2,1H3,(H,24,25). The molecule has 6 nitrogen and oxygen atoms in total. The minimum atomic E-state index is -1.000.